The number of hydrogen-bond donors (Lipinski definition) is 1. The smallest absolute Gasteiger partial charge is 0.225 e. The van der Waals surface area contributed by atoms with Crippen molar-refractivity contribution in [2.45, 2.75) is 30.5 Å². The SMILES string of the molecule is [B]C([B])C([B])([B])Oc1ccc(CCCn2ncc3c2nc(N)n2nc(-c4ccco4)nc32)cc1. The predicted molar refractivity (Wildman–Crippen MR) is 131 cm³/mol. The third-order valence-electron chi connectivity index (χ3n) is 5.41. The van der Waals surface area contributed by atoms with Gasteiger partial charge in [0.25, 0.3) is 0 Å². The summed E-state index contributed by atoms with van der Waals surface area (Å²) in [5, 5.41) is 7.99. The molecule has 8 radical (unpaired) electrons. The molecule has 5 rings (SSSR count). The lowest BCUT2D eigenvalue weighted by molar-refractivity contribution is 0.252. The van der Waals surface area contributed by atoms with Crippen molar-refractivity contribution >= 4 is 54.0 Å². The van der Waals surface area contributed by atoms with Crippen LogP contribution in [0.1, 0.15) is 12.0 Å². The van der Waals surface area contributed by atoms with Gasteiger partial charge in [0.15, 0.2) is 17.1 Å². The maximum atomic E-state index is 6.15. The van der Waals surface area contributed by atoms with Gasteiger partial charge >= 0.3 is 0 Å². The summed E-state index contributed by atoms with van der Waals surface area (Å²) in [5.74, 6) is 1.69. The van der Waals surface area contributed by atoms with E-state index in [9.17, 15) is 0 Å². The summed E-state index contributed by atoms with van der Waals surface area (Å²) in [6.45, 7) is 0.639. The van der Waals surface area contributed by atoms with Crippen LogP contribution in [0.4, 0.5) is 5.95 Å². The first-order valence-electron chi connectivity index (χ1n) is 10.6. The third-order valence-corrected chi connectivity index (χ3v) is 5.41. The van der Waals surface area contributed by atoms with Crippen LogP contribution in [0.5, 0.6) is 5.75 Å². The Bertz CT molecular complexity index is 1430. The van der Waals surface area contributed by atoms with Crippen molar-refractivity contribution in [3.63, 3.8) is 0 Å². The van der Waals surface area contributed by atoms with E-state index in [1.54, 1.807) is 36.7 Å². The molecule has 0 aliphatic rings. The second kappa shape index (κ2) is 8.62. The van der Waals surface area contributed by atoms with Gasteiger partial charge in [-0.1, -0.05) is 17.8 Å². The van der Waals surface area contributed by atoms with Gasteiger partial charge in [-0.25, -0.2) is 9.67 Å². The maximum Gasteiger partial charge on any atom is 0.225 e. The first kappa shape index (κ1) is 22.2. The summed E-state index contributed by atoms with van der Waals surface area (Å²) in [4.78, 5) is 9.06. The Hall–Kier alpha value is -3.62. The lowest BCUT2D eigenvalue weighted by atomic mass is 9.45. The van der Waals surface area contributed by atoms with E-state index in [2.05, 4.69) is 20.2 Å². The van der Waals surface area contributed by atoms with Crippen LogP contribution >= 0.6 is 0 Å². The number of aryl methyl sites for hydroxylation is 2. The highest BCUT2D eigenvalue weighted by molar-refractivity contribution is 6.50. The fourth-order valence-electron chi connectivity index (χ4n) is 3.56. The Morgan fingerprint density at radius 1 is 1.09 bits per heavy atom. The van der Waals surface area contributed by atoms with E-state index in [1.807, 2.05) is 16.8 Å². The number of aromatic nitrogens is 6. The fourth-order valence-corrected chi connectivity index (χ4v) is 3.56. The first-order chi connectivity index (χ1) is 16.3. The highest BCUT2D eigenvalue weighted by Crippen LogP contribution is 2.24. The molecule has 5 aromatic rings. The summed E-state index contributed by atoms with van der Waals surface area (Å²) in [6.07, 6.45) is 4.91. The number of nitrogens with two attached hydrogens (primary N) is 1. The molecular weight excluding hydrogens is 426 g/mol. The van der Waals surface area contributed by atoms with E-state index in [0.717, 1.165) is 23.8 Å². The van der Waals surface area contributed by atoms with Crippen molar-refractivity contribution in [3.8, 4) is 17.3 Å². The molecule has 0 fully saturated rings. The molecule has 13 heteroatoms. The summed E-state index contributed by atoms with van der Waals surface area (Å²) in [5.41, 5.74) is 7.45. The van der Waals surface area contributed by atoms with Gasteiger partial charge in [0.1, 0.15) is 21.4 Å². The topological polar surface area (TPSA) is 109 Å². The van der Waals surface area contributed by atoms with Gasteiger partial charge in [-0.05, 0) is 42.7 Å². The number of rotatable bonds is 8. The van der Waals surface area contributed by atoms with Gasteiger partial charge in [-0.2, -0.15) is 14.6 Å². The number of furan rings is 1. The minimum absolute atomic E-state index is 0.221. The Labute approximate surface area is 200 Å². The molecule has 1 aromatic carbocycles. The van der Waals surface area contributed by atoms with E-state index in [1.165, 1.54) is 4.52 Å². The molecule has 0 saturated heterocycles. The van der Waals surface area contributed by atoms with Crippen LogP contribution in [0.25, 0.3) is 28.3 Å². The van der Waals surface area contributed by atoms with Crippen LogP contribution in [-0.4, -0.2) is 66.1 Å². The quantitative estimate of drug-likeness (QED) is 0.362. The van der Waals surface area contributed by atoms with Crippen molar-refractivity contribution in [2.75, 3.05) is 5.73 Å². The van der Waals surface area contributed by atoms with Gasteiger partial charge < -0.3 is 14.9 Å². The van der Waals surface area contributed by atoms with Crippen LogP contribution < -0.4 is 10.5 Å². The summed E-state index contributed by atoms with van der Waals surface area (Å²) in [7, 11) is 22.6. The average molecular weight is 443 g/mol. The minimum atomic E-state index is -1.65. The Balaban J connectivity index is 1.29. The summed E-state index contributed by atoms with van der Waals surface area (Å²) >= 11 is 0. The van der Waals surface area contributed by atoms with E-state index in [4.69, 9.17) is 46.3 Å². The van der Waals surface area contributed by atoms with E-state index in [0.29, 0.717) is 35.2 Å². The Kier molecular flexibility index (Phi) is 5.63. The van der Waals surface area contributed by atoms with Crippen molar-refractivity contribution in [1.82, 2.24) is 29.4 Å². The lowest BCUT2D eigenvalue weighted by Gasteiger charge is -2.32. The zero-order valence-electron chi connectivity index (χ0n) is 18.2. The zero-order valence-corrected chi connectivity index (χ0v) is 18.2. The molecule has 0 saturated carbocycles. The molecule has 0 atom stereocenters. The molecule has 2 N–H and O–H groups in total. The number of fused-ring (bicyclic) bond motifs is 3. The molecule has 0 amide bonds. The molecule has 34 heavy (non-hydrogen) atoms. The molecular formula is C21H17B4N7O2. The van der Waals surface area contributed by atoms with Crippen LogP contribution in [0, 0.1) is 0 Å². The van der Waals surface area contributed by atoms with Crippen LogP contribution in [0.3, 0.4) is 0 Å². The molecule has 9 nitrogen and oxygen atoms in total. The molecule has 4 aromatic heterocycles. The number of anilines is 1. The molecule has 0 aliphatic carbocycles. The first-order valence-corrected chi connectivity index (χ1v) is 10.6. The normalized spacial score (nSPS) is 12.1. The highest BCUT2D eigenvalue weighted by Gasteiger charge is 2.22. The molecule has 4 heterocycles. The van der Waals surface area contributed by atoms with Crippen LogP contribution in [0.15, 0.2) is 53.3 Å². The summed E-state index contributed by atoms with van der Waals surface area (Å²) < 4.78 is 14.1. The van der Waals surface area contributed by atoms with Crippen molar-refractivity contribution < 1.29 is 9.15 Å². The molecule has 0 unspecified atom stereocenters. The Morgan fingerprint density at radius 3 is 2.59 bits per heavy atom. The van der Waals surface area contributed by atoms with E-state index in [-0.39, 0.29) is 5.95 Å². The van der Waals surface area contributed by atoms with Crippen LogP contribution in [0.2, 0.25) is 5.72 Å². The monoisotopic (exact) mass is 443 g/mol. The van der Waals surface area contributed by atoms with Crippen LogP contribution in [-0.2, 0) is 13.0 Å². The van der Waals surface area contributed by atoms with Gasteiger partial charge in [-0.3, -0.25) is 0 Å². The van der Waals surface area contributed by atoms with Gasteiger partial charge in [0, 0.05) is 11.9 Å². The van der Waals surface area contributed by atoms with Gasteiger partial charge in [-0.15, -0.1) is 5.10 Å². The summed E-state index contributed by atoms with van der Waals surface area (Å²) in [6, 6.07) is 11.0. The number of benzene rings is 1. The van der Waals surface area contributed by atoms with Gasteiger partial charge in [0.05, 0.1) is 33.5 Å². The average Bonchev–Trinajstić information content (AvgIpc) is 3.54. The lowest BCUT2D eigenvalue weighted by Crippen LogP contribution is -2.42. The zero-order chi connectivity index (χ0) is 23.9. The second-order valence-electron chi connectivity index (χ2n) is 7.95. The second-order valence-corrected chi connectivity index (χ2v) is 7.95. The number of ether oxygens (including phenoxy) is 1. The molecule has 0 spiro atoms. The maximum absolute atomic E-state index is 6.15. The van der Waals surface area contributed by atoms with Crippen molar-refractivity contribution in [2.24, 2.45) is 0 Å². The fraction of sp³-hybridized carbons (Fsp3) is 0.238. The standard InChI is InChI=1S/C21H17B4N7O2/c22-19(23)21(24,25)34-13-7-5-12(6-8-13)3-1-9-31-17-14(11-27-31)18-28-16(15-4-2-10-33-15)30-32(18)20(26)29-17/h2,4-8,10-11,19H,1,3,9H2,(H2,26,29). The van der Waals surface area contributed by atoms with Crippen molar-refractivity contribution in [1.29, 1.82) is 0 Å². The van der Waals surface area contributed by atoms with Crippen molar-refractivity contribution in [3.05, 3.63) is 54.4 Å². The Morgan fingerprint density at radius 2 is 1.88 bits per heavy atom. The number of nitrogen functional groups attached to an aromatic ring is 1. The van der Waals surface area contributed by atoms with Gasteiger partial charge in [0.2, 0.25) is 11.8 Å². The van der Waals surface area contributed by atoms with E-state index >= 15 is 0 Å². The number of hydrogen-bond acceptors (Lipinski definition) is 7. The predicted octanol–water partition coefficient (Wildman–Crippen LogP) is 1.40. The number of nitrogens with zero attached hydrogens (tertiary/aromatic N) is 6. The highest BCUT2D eigenvalue weighted by atomic mass is 16.5. The minimum Gasteiger partial charge on any atom is -0.508 e. The molecule has 160 valence electrons. The van der Waals surface area contributed by atoms with E-state index < -0.39 is 11.1 Å². The largest absolute Gasteiger partial charge is 0.508 e. The third kappa shape index (κ3) is 4.18. The molecule has 0 bridgehead atoms. The molecule has 0 aliphatic heterocycles.